The highest BCUT2D eigenvalue weighted by atomic mass is 16.6. The van der Waals surface area contributed by atoms with E-state index in [1.54, 1.807) is 43.0 Å². The van der Waals surface area contributed by atoms with E-state index < -0.39 is 4.92 Å². The first kappa shape index (κ1) is 12.9. The number of nitro groups is 1. The number of rotatable bonds is 3. The molecule has 0 unspecified atom stereocenters. The van der Waals surface area contributed by atoms with Crippen LogP contribution in [0, 0.1) is 10.1 Å². The van der Waals surface area contributed by atoms with Gasteiger partial charge in [-0.3, -0.25) is 9.97 Å². The number of pyridine rings is 3. The fraction of sp³-hybridized carbons (Fsp3) is 0. The minimum Gasteiger partial charge on any atom is -0.358 e. The molecule has 0 saturated carbocycles. The highest BCUT2D eigenvalue weighted by molar-refractivity contribution is 5.77. The molecule has 102 valence electrons. The van der Waals surface area contributed by atoms with E-state index in [1.807, 2.05) is 12.1 Å². The van der Waals surface area contributed by atoms with Crippen molar-refractivity contribution in [2.45, 2.75) is 0 Å². The summed E-state index contributed by atoms with van der Waals surface area (Å²) in [5, 5.41) is 11.2. The average molecular weight is 278 g/mol. The zero-order valence-electron chi connectivity index (χ0n) is 10.9. The normalized spacial score (nSPS) is 10.3. The third-order valence-corrected chi connectivity index (χ3v) is 3.04. The molecule has 0 aliphatic rings. The highest BCUT2D eigenvalue weighted by Crippen LogP contribution is 2.31. The summed E-state index contributed by atoms with van der Waals surface area (Å²) in [4.78, 5) is 22.6. The number of hydrogen-bond acceptors (Lipinski definition) is 5. The summed E-state index contributed by atoms with van der Waals surface area (Å²) in [7, 11) is 0. The Bertz CT molecular complexity index is 776. The second-order valence-electron chi connectivity index (χ2n) is 4.32. The standard InChI is InChI=1S/C15H10N4O2/c20-19(21)15-14(12-3-7-17-8-4-12)9-13(10-18-15)11-1-5-16-6-2-11/h1-10H. The van der Waals surface area contributed by atoms with Crippen LogP contribution in [0.1, 0.15) is 0 Å². The van der Waals surface area contributed by atoms with E-state index in [1.165, 1.54) is 6.20 Å². The Morgan fingerprint density at radius 3 is 2.00 bits per heavy atom. The molecule has 0 aromatic carbocycles. The number of nitrogens with zero attached hydrogens (tertiary/aromatic N) is 4. The van der Waals surface area contributed by atoms with Gasteiger partial charge in [-0.15, -0.1) is 0 Å². The predicted molar refractivity (Wildman–Crippen MR) is 77.4 cm³/mol. The van der Waals surface area contributed by atoms with Gasteiger partial charge in [0.05, 0.1) is 5.56 Å². The van der Waals surface area contributed by atoms with Gasteiger partial charge < -0.3 is 10.1 Å². The lowest BCUT2D eigenvalue weighted by Crippen LogP contribution is -1.96. The van der Waals surface area contributed by atoms with Crippen molar-refractivity contribution in [2.24, 2.45) is 0 Å². The molecule has 3 heterocycles. The fourth-order valence-electron chi connectivity index (χ4n) is 2.05. The maximum Gasteiger partial charge on any atom is 0.371 e. The van der Waals surface area contributed by atoms with Crippen molar-refractivity contribution < 1.29 is 4.92 Å². The first-order chi connectivity index (χ1) is 10.3. The average Bonchev–Trinajstić information content (AvgIpc) is 2.56. The van der Waals surface area contributed by atoms with E-state index in [4.69, 9.17) is 0 Å². The van der Waals surface area contributed by atoms with Gasteiger partial charge in [0, 0.05) is 30.4 Å². The Kier molecular flexibility index (Phi) is 3.34. The quantitative estimate of drug-likeness (QED) is 0.543. The number of aromatic nitrogens is 3. The van der Waals surface area contributed by atoms with Gasteiger partial charge in [-0.2, -0.15) is 0 Å². The number of hydrogen-bond donors (Lipinski definition) is 0. The van der Waals surface area contributed by atoms with Crippen LogP contribution in [0.4, 0.5) is 5.82 Å². The van der Waals surface area contributed by atoms with E-state index in [-0.39, 0.29) is 5.82 Å². The van der Waals surface area contributed by atoms with Crippen LogP contribution in [0.15, 0.2) is 61.3 Å². The molecular formula is C15H10N4O2. The van der Waals surface area contributed by atoms with Crippen molar-refractivity contribution in [1.29, 1.82) is 0 Å². The van der Waals surface area contributed by atoms with Crippen LogP contribution in [0.3, 0.4) is 0 Å². The van der Waals surface area contributed by atoms with E-state index >= 15 is 0 Å². The predicted octanol–water partition coefficient (Wildman–Crippen LogP) is 3.11. The summed E-state index contributed by atoms with van der Waals surface area (Å²) in [6.07, 6.45) is 8.03. The zero-order chi connectivity index (χ0) is 14.7. The first-order valence-electron chi connectivity index (χ1n) is 6.21. The maximum absolute atomic E-state index is 11.2. The second-order valence-corrected chi connectivity index (χ2v) is 4.32. The molecule has 0 spiro atoms. The van der Waals surface area contributed by atoms with Gasteiger partial charge in [0.25, 0.3) is 0 Å². The summed E-state index contributed by atoms with van der Waals surface area (Å²) < 4.78 is 0. The van der Waals surface area contributed by atoms with Crippen LogP contribution in [0.2, 0.25) is 0 Å². The van der Waals surface area contributed by atoms with Crippen LogP contribution in [-0.2, 0) is 0 Å². The van der Waals surface area contributed by atoms with Crippen molar-refractivity contribution in [3.63, 3.8) is 0 Å². The van der Waals surface area contributed by atoms with Gasteiger partial charge in [0.1, 0.15) is 6.20 Å². The molecule has 0 amide bonds. The molecule has 0 radical (unpaired) electrons. The molecule has 6 heteroatoms. The molecule has 0 saturated heterocycles. The van der Waals surface area contributed by atoms with Gasteiger partial charge >= 0.3 is 5.82 Å². The molecule has 21 heavy (non-hydrogen) atoms. The molecule has 3 rings (SSSR count). The molecular weight excluding hydrogens is 268 g/mol. The largest absolute Gasteiger partial charge is 0.371 e. The smallest absolute Gasteiger partial charge is 0.358 e. The minimum absolute atomic E-state index is 0.168. The summed E-state index contributed by atoms with van der Waals surface area (Å²) in [6.45, 7) is 0. The van der Waals surface area contributed by atoms with Crippen molar-refractivity contribution in [2.75, 3.05) is 0 Å². The maximum atomic E-state index is 11.2. The van der Waals surface area contributed by atoms with E-state index in [2.05, 4.69) is 15.0 Å². The Morgan fingerprint density at radius 1 is 0.857 bits per heavy atom. The molecule has 0 aliphatic heterocycles. The summed E-state index contributed by atoms with van der Waals surface area (Å²) in [5.74, 6) is -0.168. The van der Waals surface area contributed by atoms with E-state index in [0.29, 0.717) is 11.1 Å². The zero-order valence-corrected chi connectivity index (χ0v) is 10.9. The first-order valence-corrected chi connectivity index (χ1v) is 6.21. The lowest BCUT2D eigenvalue weighted by atomic mass is 10.0. The Labute approximate surface area is 120 Å². The van der Waals surface area contributed by atoms with Crippen LogP contribution >= 0.6 is 0 Å². The van der Waals surface area contributed by atoms with Crippen molar-refractivity contribution in [1.82, 2.24) is 15.0 Å². The van der Waals surface area contributed by atoms with Crippen LogP contribution in [0.5, 0.6) is 0 Å². The van der Waals surface area contributed by atoms with Gasteiger partial charge in [-0.1, -0.05) is 0 Å². The highest BCUT2D eigenvalue weighted by Gasteiger charge is 2.18. The third kappa shape index (κ3) is 2.59. The van der Waals surface area contributed by atoms with Crippen molar-refractivity contribution >= 4 is 5.82 Å². The Balaban J connectivity index is 2.18. The molecule has 0 N–H and O–H groups in total. The molecule has 6 nitrogen and oxygen atoms in total. The van der Waals surface area contributed by atoms with Crippen molar-refractivity contribution in [3.8, 4) is 22.3 Å². The molecule has 3 aromatic heterocycles. The SMILES string of the molecule is O=[N+]([O-])c1ncc(-c2ccncc2)cc1-c1ccncc1. The van der Waals surface area contributed by atoms with Gasteiger partial charge in [-0.05, 0) is 51.4 Å². The van der Waals surface area contributed by atoms with Gasteiger partial charge in [0.2, 0.25) is 0 Å². The van der Waals surface area contributed by atoms with Gasteiger partial charge in [-0.25, -0.2) is 0 Å². The Hall–Kier alpha value is -3.15. The second kappa shape index (κ2) is 5.46. The topological polar surface area (TPSA) is 81.8 Å². The van der Waals surface area contributed by atoms with Crippen molar-refractivity contribution in [3.05, 3.63) is 71.4 Å². The summed E-state index contributed by atoms with van der Waals surface area (Å²) >= 11 is 0. The fourth-order valence-corrected chi connectivity index (χ4v) is 2.05. The molecule has 0 bridgehead atoms. The van der Waals surface area contributed by atoms with Crippen LogP contribution < -0.4 is 0 Å². The minimum atomic E-state index is -0.480. The lowest BCUT2D eigenvalue weighted by Gasteiger charge is -2.05. The lowest BCUT2D eigenvalue weighted by molar-refractivity contribution is -0.388. The van der Waals surface area contributed by atoms with E-state index in [9.17, 15) is 10.1 Å². The molecule has 0 aliphatic carbocycles. The Morgan fingerprint density at radius 2 is 1.43 bits per heavy atom. The van der Waals surface area contributed by atoms with Gasteiger partial charge in [0.15, 0.2) is 0 Å². The van der Waals surface area contributed by atoms with Crippen LogP contribution in [0.25, 0.3) is 22.3 Å². The third-order valence-electron chi connectivity index (χ3n) is 3.04. The monoisotopic (exact) mass is 278 g/mol. The molecule has 3 aromatic rings. The summed E-state index contributed by atoms with van der Waals surface area (Å²) in [5.41, 5.74) is 2.88. The molecule has 0 fully saturated rings. The van der Waals surface area contributed by atoms with E-state index in [0.717, 1.165) is 11.1 Å². The van der Waals surface area contributed by atoms with Crippen LogP contribution in [-0.4, -0.2) is 19.9 Å². The summed E-state index contributed by atoms with van der Waals surface area (Å²) in [6, 6.07) is 8.87. The molecule has 0 atom stereocenters.